The van der Waals surface area contributed by atoms with Crippen molar-refractivity contribution in [1.82, 2.24) is 15.5 Å². The second kappa shape index (κ2) is 6.98. The summed E-state index contributed by atoms with van der Waals surface area (Å²) in [6.45, 7) is 1.29. The van der Waals surface area contributed by atoms with Gasteiger partial charge in [0.05, 0.1) is 6.42 Å². The van der Waals surface area contributed by atoms with E-state index in [2.05, 4.69) is 10.6 Å². The van der Waals surface area contributed by atoms with Crippen LogP contribution in [0.4, 0.5) is 9.18 Å². The van der Waals surface area contributed by atoms with Gasteiger partial charge in [0.15, 0.2) is 0 Å². The molecule has 2 aliphatic rings. The maximum absolute atomic E-state index is 12.9. The van der Waals surface area contributed by atoms with Gasteiger partial charge in [0.2, 0.25) is 5.91 Å². The Bertz CT molecular complexity index is 639. The van der Waals surface area contributed by atoms with Gasteiger partial charge in [-0.3, -0.25) is 14.9 Å². The van der Waals surface area contributed by atoms with Crippen LogP contribution in [0.2, 0.25) is 0 Å². The molecule has 2 N–H and O–H groups in total. The molecule has 0 aliphatic carbocycles. The number of urea groups is 1. The Balaban J connectivity index is 1.46. The number of benzene rings is 1. The lowest BCUT2D eigenvalue weighted by Crippen LogP contribution is -2.42. The number of carbonyl (C=O) groups excluding carboxylic acids is 3. The number of imide groups is 1. The zero-order valence-electron chi connectivity index (χ0n) is 13.3. The van der Waals surface area contributed by atoms with E-state index in [-0.39, 0.29) is 18.1 Å². The minimum atomic E-state index is -0.762. The number of hydrogen-bond donors (Lipinski definition) is 2. The van der Waals surface area contributed by atoms with Crippen molar-refractivity contribution < 1.29 is 18.8 Å². The first kappa shape index (κ1) is 16.4. The largest absolute Gasteiger partial charge is 0.343 e. The van der Waals surface area contributed by atoms with Crippen molar-refractivity contribution in [2.75, 3.05) is 13.1 Å². The maximum atomic E-state index is 12.9. The van der Waals surface area contributed by atoms with E-state index >= 15 is 0 Å². The molecule has 3 rings (SSSR count). The first-order valence-corrected chi connectivity index (χ1v) is 8.15. The van der Waals surface area contributed by atoms with E-state index < -0.39 is 18.0 Å². The standard InChI is InChI=1S/C17H20FN3O3/c18-13-3-1-11(2-4-13)9-12-5-7-21(8-6-12)15(22)10-14-16(23)20-17(24)19-14/h1-4,12,14H,5-10H2,(H2,19,20,23,24)/t14-/m1/s1. The lowest BCUT2D eigenvalue weighted by Gasteiger charge is -2.32. The van der Waals surface area contributed by atoms with Crippen molar-refractivity contribution in [3.63, 3.8) is 0 Å². The Morgan fingerprint density at radius 1 is 1.17 bits per heavy atom. The van der Waals surface area contributed by atoms with Crippen LogP contribution in [0.1, 0.15) is 24.8 Å². The topological polar surface area (TPSA) is 78.5 Å². The second-order valence-corrected chi connectivity index (χ2v) is 6.37. The van der Waals surface area contributed by atoms with E-state index in [1.165, 1.54) is 12.1 Å². The normalized spacial score (nSPS) is 21.5. The van der Waals surface area contributed by atoms with Crippen molar-refractivity contribution in [3.8, 4) is 0 Å². The van der Waals surface area contributed by atoms with Crippen molar-refractivity contribution in [2.45, 2.75) is 31.7 Å². The first-order chi connectivity index (χ1) is 11.5. The van der Waals surface area contributed by atoms with E-state index in [1.54, 1.807) is 17.0 Å². The summed E-state index contributed by atoms with van der Waals surface area (Å²) in [5.41, 5.74) is 1.10. The minimum Gasteiger partial charge on any atom is -0.343 e. The molecule has 128 valence electrons. The molecule has 1 aromatic carbocycles. The zero-order chi connectivity index (χ0) is 17.1. The number of amides is 4. The second-order valence-electron chi connectivity index (χ2n) is 6.37. The van der Waals surface area contributed by atoms with Crippen molar-refractivity contribution in [3.05, 3.63) is 35.6 Å². The number of likely N-dealkylation sites (tertiary alicyclic amines) is 1. The van der Waals surface area contributed by atoms with Gasteiger partial charge in [0.25, 0.3) is 5.91 Å². The quantitative estimate of drug-likeness (QED) is 0.813. The van der Waals surface area contributed by atoms with Crippen LogP contribution in [0, 0.1) is 11.7 Å². The molecular weight excluding hydrogens is 313 g/mol. The third-order valence-corrected chi connectivity index (χ3v) is 4.64. The van der Waals surface area contributed by atoms with Gasteiger partial charge >= 0.3 is 6.03 Å². The molecule has 6 nitrogen and oxygen atoms in total. The van der Waals surface area contributed by atoms with Crippen LogP contribution in [0.25, 0.3) is 0 Å². The highest BCUT2D eigenvalue weighted by Crippen LogP contribution is 2.22. The molecule has 0 unspecified atom stereocenters. The highest BCUT2D eigenvalue weighted by atomic mass is 19.1. The van der Waals surface area contributed by atoms with Crippen LogP contribution in [-0.2, 0) is 16.0 Å². The van der Waals surface area contributed by atoms with E-state index in [0.29, 0.717) is 19.0 Å². The molecule has 0 radical (unpaired) electrons. The van der Waals surface area contributed by atoms with E-state index in [1.807, 2.05) is 0 Å². The Morgan fingerprint density at radius 2 is 1.83 bits per heavy atom. The Kier molecular flexibility index (Phi) is 4.78. The highest BCUT2D eigenvalue weighted by Gasteiger charge is 2.33. The average Bonchev–Trinajstić information content (AvgIpc) is 2.88. The van der Waals surface area contributed by atoms with Gasteiger partial charge in [-0.15, -0.1) is 0 Å². The Hall–Kier alpha value is -2.44. The summed E-state index contributed by atoms with van der Waals surface area (Å²) in [5, 5.41) is 4.57. The Morgan fingerprint density at radius 3 is 2.42 bits per heavy atom. The number of halogens is 1. The molecule has 2 heterocycles. The number of carbonyl (C=O) groups is 3. The Labute approximate surface area is 139 Å². The maximum Gasteiger partial charge on any atom is 0.322 e. The van der Waals surface area contributed by atoms with Gasteiger partial charge < -0.3 is 10.2 Å². The molecule has 0 saturated carbocycles. The third kappa shape index (κ3) is 3.90. The summed E-state index contributed by atoms with van der Waals surface area (Å²) >= 11 is 0. The summed E-state index contributed by atoms with van der Waals surface area (Å²) in [5.74, 6) is -0.326. The van der Waals surface area contributed by atoms with E-state index in [9.17, 15) is 18.8 Å². The summed E-state index contributed by atoms with van der Waals surface area (Å²) in [4.78, 5) is 36.6. The average molecular weight is 333 g/mol. The SMILES string of the molecule is O=C1NC(=O)[C@@H](CC(=O)N2CCC(Cc3ccc(F)cc3)CC2)N1. The molecular formula is C17H20FN3O3. The first-order valence-electron chi connectivity index (χ1n) is 8.15. The number of hydrogen-bond acceptors (Lipinski definition) is 3. The van der Waals surface area contributed by atoms with Gasteiger partial charge in [0.1, 0.15) is 11.9 Å². The van der Waals surface area contributed by atoms with Crippen molar-refractivity contribution in [1.29, 1.82) is 0 Å². The predicted octanol–water partition coefficient (Wildman–Crippen LogP) is 1.20. The fraction of sp³-hybridized carbons (Fsp3) is 0.471. The van der Waals surface area contributed by atoms with Crippen LogP contribution in [0.5, 0.6) is 0 Å². The van der Waals surface area contributed by atoms with Gasteiger partial charge in [-0.25, -0.2) is 9.18 Å². The molecule has 7 heteroatoms. The fourth-order valence-corrected chi connectivity index (χ4v) is 3.25. The van der Waals surface area contributed by atoms with Gasteiger partial charge in [-0.05, 0) is 42.9 Å². The summed E-state index contributed by atoms with van der Waals surface area (Å²) in [6.07, 6.45) is 2.64. The summed E-state index contributed by atoms with van der Waals surface area (Å²) in [7, 11) is 0. The molecule has 1 aromatic rings. The zero-order valence-corrected chi connectivity index (χ0v) is 13.3. The molecule has 0 bridgehead atoms. The summed E-state index contributed by atoms with van der Waals surface area (Å²) < 4.78 is 12.9. The molecule has 0 aromatic heterocycles. The van der Waals surface area contributed by atoms with Crippen LogP contribution in [0.15, 0.2) is 24.3 Å². The number of rotatable bonds is 4. The van der Waals surface area contributed by atoms with Gasteiger partial charge in [-0.1, -0.05) is 12.1 Å². The molecule has 2 aliphatic heterocycles. The molecule has 2 saturated heterocycles. The summed E-state index contributed by atoms with van der Waals surface area (Å²) in [6, 6.07) is 5.23. The van der Waals surface area contributed by atoms with Crippen molar-refractivity contribution in [2.24, 2.45) is 5.92 Å². The molecule has 0 spiro atoms. The minimum absolute atomic E-state index is 0.000201. The lowest BCUT2D eigenvalue weighted by atomic mass is 9.90. The van der Waals surface area contributed by atoms with Crippen LogP contribution in [0.3, 0.4) is 0 Å². The highest BCUT2D eigenvalue weighted by molar-refractivity contribution is 6.05. The molecule has 4 amide bonds. The lowest BCUT2D eigenvalue weighted by molar-refractivity contribution is -0.135. The number of nitrogens with one attached hydrogen (secondary N) is 2. The smallest absolute Gasteiger partial charge is 0.322 e. The van der Waals surface area contributed by atoms with E-state index in [0.717, 1.165) is 24.8 Å². The van der Waals surface area contributed by atoms with Crippen LogP contribution < -0.4 is 10.6 Å². The number of nitrogens with zero attached hydrogens (tertiary/aromatic N) is 1. The van der Waals surface area contributed by atoms with Crippen LogP contribution in [-0.4, -0.2) is 41.9 Å². The number of piperidine rings is 1. The molecule has 24 heavy (non-hydrogen) atoms. The fourth-order valence-electron chi connectivity index (χ4n) is 3.25. The van der Waals surface area contributed by atoms with Crippen molar-refractivity contribution >= 4 is 17.8 Å². The monoisotopic (exact) mass is 333 g/mol. The van der Waals surface area contributed by atoms with Gasteiger partial charge in [-0.2, -0.15) is 0 Å². The van der Waals surface area contributed by atoms with E-state index in [4.69, 9.17) is 0 Å². The molecule has 1 atom stereocenters. The molecule has 2 fully saturated rings. The predicted molar refractivity (Wildman–Crippen MR) is 84.5 cm³/mol. The van der Waals surface area contributed by atoms with Gasteiger partial charge in [0, 0.05) is 13.1 Å². The third-order valence-electron chi connectivity index (χ3n) is 4.64. The van der Waals surface area contributed by atoms with Crippen LogP contribution >= 0.6 is 0 Å².